The van der Waals surface area contributed by atoms with Crippen LogP contribution in [0.4, 0.5) is 5.69 Å². The number of nitriles is 1. The summed E-state index contributed by atoms with van der Waals surface area (Å²) in [6.45, 7) is 2.81. The molecular formula is C22H21Br2ClN2O2. The largest absolute Gasteiger partial charge is 0.491 e. The lowest BCUT2D eigenvalue weighted by atomic mass is 10.1. The third-order valence-electron chi connectivity index (χ3n) is 4.04. The van der Waals surface area contributed by atoms with Gasteiger partial charge in [-0.25, -0.2) is 0 Å². The quantitative estimate of drug-likeness (QED) is 0.205. The van der Waals surface area contributed by atoms with Gasteiger partial charge in [0.15, 0.2) is 0 Å². The Morgan fingerprint density at radius 3 is 2.41 bits per heavy atom. The average molecular weight is 541 g/mol. The Kier molecular flexibility index (Phi) is 9.72. The number of hydrogen-bond acceptors (Lipinski definition) is 3. The number of benzene rings is 2. The highest BCUT2D eigenvalue weighted by Crippen LogP contribution is 2.35. The Balaban J connectivity index is 2.11. The highest BCUT2D eigenvalue weighted by atomic mass is 79.9. The van der Waals surface area contributed by atoms with E-state index in [0.717, 1.165) is 21.8 Å². The van der Waals surface area contributed by atoms with Crippen molar-refractivity contribution in [2.45, 2.75) is 32.6 Å². The number of amides is 1. The van der Waals surface area contributed by atoms with Crippen molar-refractivity contribution >= 4 is 61.1 Å². The molecule has 0 unspecified atom stereocenters. The zero-order valence-electron chi connectivity index (χ0n) is 16.0. The van der Waals surface area contributed by atoms with Crippen molar-refractivity contribution in [3.63, 3.8) is 0 Å². The van der Waals surface area contributed by atoms with E-state index in [4.69, 9.17) is 16.3 Å². The fourth-order valence-electron chi connectivity index (χ4n) is 2.55. The van der Waals surface area contributed by atoms with Crippen LogP contribution in [0.15, 0.2) is 50.9 Å². The van der Waals surface area contributed by atoms with E-state index < -0.39 is 5.91 Å². The molecule has 0 aliphatic heterocycles. The lowest BCUT2D eigenvalue weighted by Crippen LogP contribution is -2.13. The van der Waals surface area contributed by atoms with Gasteiger partial charge < -0.3 is 10.1 Å². The first-order chi connectivity index (χ1) is 13.9. The molecule has 0 radical (unpaired) electrons. The van der Waals surface area contributed by atoms with Gasteiger partial charge in [0.1, 0.15) is 17.4 Å². The minimum Gasteiger partial charge on any atom is -0.491 e. The molecule has 29 heavy (non-hydrogen) atoms. The SMILES string of the molecule is CCCCCCOc1c(Br)cc(/C=C(/C#N)C(=O)Nc2ccc(Cl)cc2)cc1Br. The van der Waals surface area contributed by atoms with Crippen LogP contribution in [0.2, 0.25) is 5.02 Å². The van der Waals surface area contributed by atoms with Gasteiger partial charge in [-0.05, 0) is 86.3 Å². The highest BCUT2D eigenvalue weighted by Gasteiger charge is 2.12. The molecular weight excluding hydrogens is 520 g/mol. The number of ether oxygens (including phenoxy) is 1. The summed E-state index contributed by atoms with van der Waals surface area (Å²) in [5.41, 5.74) is 1.26. The molecule has 152 valence electrons. The first kappa shape index (κ1) is 23.5. The van der Waals surface area contributed by atoms with Gasteiger partial charge in [0.25, 0.3) is 5.91 Å². The van der Waals surface area contributed by atoms with Crippen molar-refractivity contribution in [2.75, 3.05) is 11.9 Å². The summed E-state index contributed by atoms with van der Waals surface area (Å²) in [6.07, 6.45) is 6.05. The summed E-state index contributed by atoms with van der Waals surface area (Å²) in [7, 11) is 0. The van der Waals surface area contributed by atoms with Crippen molar-refractivity contribution < 1.29 is 9.53 Å². The summed E-state index contributed by atoms with van der Waals surface area (Å²) < 4.78 is 7.37. The third kappa shape index (κ3) is 7.50. The second kappa shape index (κ2) is 12.0. The minimum absolute atomic E-state index is 0.00742. The Bertz CT molecular complexity index is 898. The predicted molar refractivity (Wildman–Crippen MR) is 125 cm³/mol. The van der Waals surface area contributed by atoms with Gasteiger partial charge in [-0.2, -0.15) is 5.26 Å². The fraction of sp³-hybridized carbons (Fsp3) is 0.273. The Hall–Kier alpha value is -1.81. The van der Waals surface area contributed by atoms with Gasteiger partial charge in [-0.3, -0.25) is 4.79 Å². The molecule has 0 fully saturated rings. The molecule has 0 heterocycles. The van der Waals surface area contributed by atoms with Crippen molar-refractivity contribution in [3.8, 4) is 11.8 Å². The summed E-state index contributed by atoms with van der Waals surface area (Å²) in [5, 5.41) is 12.7. The van der Waals surface area contributed by atoms with Crippen LogP contribution in [0.1, 0.15) is 38.2 Å². The molecule has 0 saturated carbocycles. The Labute approximate surface area is 193 Å². The van der Waals surface area contributed by atoms with E-state index in [2.05, 4.69) is 44.1 Å². The minimum atomic E-state index is -0.488. The molecule has 7 heteroatoms. The van der Waals surface area contributed by atoms with Crippen molar-refractivity contribution in [3.05, 3.63) is 61.5 Å². The molecule has 1 N–H and O–H groups in total. The van der Waals surface area contributed by atoms with Crippen LogP contribution in [0.5, 0.6) is 5.75 Å². The number of nitrogens with zero attached hydrogens (tertiary/aromatic N) is 1. The van der Waals surface area contributed by atoms with Crippen LogP contribution in [0.25, 0.3) is 6.08 Å². The van der Waals surface area contributed by atoms with E-state index in [9.17, 15) is 10.1 Å². The molecule has 4 nitrogen and oxygen atoms in total. The summed E-state index contributed by atoms with van der Waals surface area (Å²) >= 11 is 12.9. The number of carbonyl (C=O) groups is 1. The monoisotopic (exact) mass is 538 g/mol. The highest BCUT2D eigenvalue weighted by molar-refractivity contribution is 9.11. The smallest absolute Gasteiger partial charge is 0.266 e. The standard InChI is InChI=1S/C22H21Br2ClN2O2/c1-2-3-4-5-10-29-21-19(23)12-15(13-20(21)24)11-16(14-26)22(28)27-18-8-6-17(25)7-9-18/h6-9,11-13H,2-5,10H2,1H3,(H,27,28)/b16-11-. The van der Waals surface area contributed by atoms with Crippen LogP contribution in [0, 0.1) is 11.3 Å². The number of rotatable bonds is 9. The van der Waals surface area contributed by atoms with Gasteiger partial charge >= 0.3 is 0 Å². The summed E-state index contributed by atoms with van der Waals surface area (Å²) in [4.78, 5) is 12.4. The number of nitrogens with one attached hydrogen (secondary N) is 1. The molecule has 1 amide bonds. The zero-order valence-corrected chi connectivity index (χ0v) is 19.9. The third-order valence-corrected chi connectivity index (χ3v) is 5.47. The molecule has 0 bridgehead atoms. The van der Waals surface area contributed by atoms with E-state index in [1.165, 1.54) is 18.9 Å². The molecule has 2 rings (SSSR count). The molecule has 0 aromatic heterocycles. The number of anilines is 1. The molecule has 0 aliphatic rings. The lowest BCUT2D eigenvalue weighted by molar-refractivity contribution is -0.112. The van der Waals surface area contributed by atoms with E-state index >= 15 is 0 Å². The van der Waals surface area contributed by atoms with Crippen molar-refractivity contribution in [1.82, 2.24) is 0 Å². The lowest BCUT2D eigenvalue weighted by Gasteiger charge is -2.11. The van der Waals surface area contributed by atoms with Gasteiger partial charge in [0, 0.05) is 10.7 Å². The van der Waals surface area contributed by atoms with Gasteiger partial charge in [0.05, 0.1) is 15.6 Å². The first-order valence-corrected chi connectivity index (χ1v) is 11.2. The number of halogens is 3. The normalized spacial score (nSPS) is 11.1. The van der Waals surface area contributed by atoms with E-state index in [1.54, 1.807) is 24.3 Å². The second-order valence-corrected chi connectivity index (χ2v) is 8.50. The van der Waals surface area contributed by atoms with Gasteiger partial charge in [-0.1, -0.05) is 37.8 Å². The molecule has 2 aromatic carbocycles. The van der Waals surface area contributed by atoms with E-state index in [0.29, 0.717) is 28.6 Å². The molecule has 0 atom stereocenters. The fourth-order valence-corrected chi connectivity index (χ4v) is 4.13. The average Bonchev–Trinajstić information content (AvgIpc) is 2.69. The van der Waals surface area contributed by atoms with E-state index in [1.807, 2.05) is 18.2 Å². The first-order valence-electron chi connectivity index (χ1n) is 9.25. The van der Waals surface area contributed by atoms with Crippen LogP contribution >= 0.6 is 43.5 Å². The van der Waals surface area contributed by atoms with Gasteiger partial charge in [0.2, 0.25) is 0 Å². The maximum atomic E-state index is 12.4. The van der Waals surface area contributed by atoms with Crippen LogP contribution in [-0.4, -0.2) is 12.5 Å². The number of unbranched alkanes of at least 4 members (excludes halogenated alkanes) is 3. The number of hydrogen-bond donors (Lipinski definition) is 1. The number of carbonyl (C=O) groups excluding carboxylic acids is 1. The topological polar surface area (TPSA) is 62.1 Å². The molecule has 0 spiro atoms. The molecule has 0 saturated heterocycles. The predicted octanol–water partition coefficient (Wildman–Crippen LogP) is 7.37. The molecule has 0 aliphatic carbocycles. The Morgan fingerprint density at radius 2 is 1.83 bits per heavy atom. The van der Waals surface area contributed by atoms with Crippen LogP contribution in [0.3, 0.4) is 0 Å². The molecule has 2 aromatic rings. The summed E-state index contributed by atoms with van der Waals surface area (Å²) in [6, 6.07) is 12.3. The maximum absolute atomic E-state index is 12.4. The van der Waals surface area contributed by atoms with Gasteiger partial charge in [-0.15, -0.1) is 0 Å². The summed E-state index contributed by atoms with van der Waals surface area (Å²) in [5.74, 6) is 0.223. The second-order valence-electron chi connectivity index (χ2n) is 6.35. The van der Waals surface area contributed by atoms with Crippen LogP contribution < -0.4 is 10.1 Å². The maximum Gasteiger partial charge on any atom is 0.266 e. The zero-order chi connectivity index (χ0) is 21.2. The van der Waals surface area contributed by atoms with Crippen LogP contribution in [-0.2, 0) is 4.79 Å². The Morgan fingerprint density at radius 1 is 1.17 bits per heavy atom. The van der Waals surface area contributed by atoms with Crippen molar-refractivity contribution in [2.24, 2.45) is 0 Å². The van der Waals surface area contributed by atoms with E-state index in [-0.39, 0.29) is 5.57 Å². The van der Waals surface area contributed by atoms with Crippen molar-refractivity contribution in [1.29, 1.82) is 5.26 Å².